The Morgan fingerprint density at radius 1 is 1.32 bits per heavy atom. The molecule has 0 radical (unpaired) electrons. The Labute approximate surface area is 171 Å². The average Bonchev–Trinajstić information content (AvgIpc) is 2.59. The van der Waals surface area contributed by atoms with Gasteiger partial charge in [-0.1, -0.05) is 17.7 Å². The Morgan fingerprint density at radius 2 is 2.00 bits per heavy atom. The number of amides is 2. The molecule has 0 aromatic heterocycles. The van der Waals surface area contributed by atoms with E-state index in [1.807, 2.05) is 13.8 Å². The van der Waals surface area contributed by atoms with Crippen molar-refractivity contribution in [3.05, 3.63) is 34.6 Å². The zero-order valence-electron chi connectivity index (χ0n) is 17.3. The number of carbonyl (C=O) groups excluding carboxylic acids is 2. The summed E-state index contributed by atoms with van der Waals surface area (Å²) in [6.07, 6.45) is 1.75. The molecule has 1 aliphatic heterocycles. The number of carbonyl (C=O) groups is 2. The molecule has 2 rings (SSSR count). The lowest BCUT2D eigenvalue weighted by Gasteiger charge is -2.39. The highest BCUT2D eigenvalue weighted by Gasteiger charge is 2.37. The van der Waals surface area contributed by atoms with Crippen LogP contribution in [0.2, 0.25) is 5.02 Å². The highest BCUT2D eigenvalue weighted by atomic mass is 35.5. The molecular weight excluding hydrogens is 383 g/mol. The summed E-state index contributed by atoms with van der Waals surface area (Å²) in [6.45, 7) is 9.66. The second-order valence-corrected chi connectivity index (χ2v) is 8.85. The fraction of sp³-hybridized carbons (Fsp3) is 0.619. The Hall–Kier alpha value is -1.82. The lowest BCUT2D eigenvalue weighted by molar-refractivity contribution is -0.140. The van der Waals surface area contributed by atoms with Gasteiger partial charge in [-0.25, -0.2) is 9.18 Å². The number of benzene rings is 1. The van der Waals surface area contributed by atoms with Crippen molar-refractivity contribution in [2.75, 3.05) is 6.54 Å². The number of ether oxygens (including phenoxy) is 1. The van der Waals surface area contributed by atoms with Gasteiger partial charge in [-0.2, -0.15) is 0 Å². The minimum atomic E-state index is -0.638. The minimum absolute atomic E-state index is 0.0562. The van der Waals surface area contributed by atoms with E-state index in [-0.39, 0.29) is 29.1 Å². The quantitative estimate of drug-likeness (QED) is 0.698. The van der Waals surface area contributed by atoms with E-state index in [2.05, 4.69) is 0 Å². The van der Waals surface area contributed by atoms with E-state index in [4.69, 9.17) is 16.3 Å². The van der Waals surface area contributed by atoms with Crippen LogP contribution in [0.25, 0.3) is 0 Å². The highest BCUT2D eigenvalue weighted by molar-refractivity contribution is 6.31. The number of hydrogen-bond acceptors (Lipinski definition) is 3. The van der Waals surface area contributed by atoms with Gasteiger partial charge in [-0.15, -0.1) is 0 Å². The molecule has 0 saturated carbocycles. The van der Waals surface area contributed by atoms with Crippen molar-refractivity contribution >= 4 is 23.6 Å². The second kappa shape index (κ2) is 9.12. The highest BCUT2D eigenvalue weighted by Crippen LogP contribution is 2.26. The van der Waals surface area contributed by atoms with Crippen LogP contribution in [0.4, 0.5) is 9.18 Å². The number of nitrogens with zero attached hydrogens (tertiary/aromatic N) is 2. The van der Waals surface area contributed by atoms with Crippen molar-refractivity contribution in [2.45, 2.75) is 78.1 Å². The number of piperidine rings is 1. The van der Waals surface area contributed by atoms with Crippen molar-refractivity contribution in [1.82, 2.24) is 9.80 Å². The van der Waals surface area contributed by atoms with E-state index in [0.29, 0.717) is 13.0 Å². The monoisotopic (exact) mass is 412 g/mol. The lowest BCUT2D eigenvalue weighted by Crippen LogP contribution is -2.55. The van der Waals surface area contributed by atoms with Crippen LogP contribution in [-0.2, 0) is 16.1 Å². The first-order chi connectivity index (χ1) is 13.0. The molecule has 7 heteroatoms. The number of likely N-dealkylation sites (tertiary alicyclic amines) is 1. The summed E-state index contributed by atoms with van der Waals surface area (Å²) in [4.78, 5) is 29.1. The summed E-state index contributed by atoms with van der Waals surface area (Å²) < 4.78 is 19.8. The smallest absolute Gasteiger partial charge is 0.410 e. The van der Waals surface area contributed by atoms with Crippen LogP contribution in [0.15, 0.2) is 18.2 Å². The van der Waals surface area contributed by atoms with Gasteiger partial charge in [0.25, 0.3) is 0 Å². The molecule has 1 heterocycles. The van der Waals surface area contributed by atoms with Crippen LogP contribution < -0.4 is 0 Å². The van der Waals surface area contributed by atoms with Crippen LogP contribution in [0.3, 0.4) is 0 Å². The van der Waals surface area contributed by atoms with Gasteiger partial charge < -0.3 is 9.64 Å². The first-order valence-electron chi connectivity index (χ1n) is 9.74. The zero-order chi connectivity index (χ0) is 21.1. The van der Waals surface area contributed by atoms with Crippen LogP contribution in [-0.4, -0.2) is 46.0 Å². The van der Waals surface area contributed by atoms with E-state index < -0.39 is 23.6 Å². The zero-order valence-corrected chi connectivity index (χ0v) is 18.1. The maximum Gasteiger partial charge on any atom is 0.410 e. The molecule has 1 aliphatic rings. The fourth-order valence-corrected chi connectivity index (χ4v) is 3.51. The fourth-order valence-electron chi connectivity index (χ4n) is 3.29. The molecule has 1 fully saturated rings. The Morgan fingerprint density at radius 3 is 2.57 bits per heavy atom. The Kier molecular flexibility index (Phi) is 7.32. The average molecular weight is 413 g/mol. The van der Waals surface area contributed by atoms with Gasteiger partial charge in [0.15, 0.2) is 0 Å². The maximum atomic E-state index is 14.3. The van der Waals surface area contributed by atoms with Gasteiger partial charge in [0.2, 0.25) is 5.91 Å². The van der Waals surface area contributed by atoms with E-state index in [0.717, 1.165) is 12.8 Å². The minimum Gasteiger partial charge on any atom is -0.444 e. The van der Waals surface area contributed by atoms with E-state index in [1.54, 1.807) is 31.7 Å². The van der Waals surface area contributed by atoms with Gasteiger partial charge in [-0.05, 0) is 66.0 Å². The summed E-state index contributed by atoms with van der Waals surface area (Å²) in [7, 11) is 0. The molecule has 2 amide bonds. The molecule has 0 N–H and O–H groups in total. The third-order valence-electron chi connectivity index (χ3n) is 4.71. The summed E-state index contributed by atoms with van der Waals surface area (Å²) in [6, 6.07) is 3.68. The predicted octanol–water partition coefficient (Wildman–Crippen LogP) is 5.01. The van der Waals surface area contributed by atoms with E-state index >= 15 is 0 Å². The third-order valence-corrected chi connectivity index (χ3v) is 5.07. The first-order valence-corrected chi connectivity index (χ1v) is 10.1. The van der Waals surface area contributed by atoms with Gasteiger partial charge >= 0.3 is 6.09 Å². The topological polar surface area (TPSA) is 49.9 Å². The molecule has 156 valence electrons. The molecule has 0 spiro atoms. The Balaban J connectivity index is 2.25. The van der Waals surface area contributed by atoms with Gasteiger partial charge in [-0.3, -0.25) is 9.69 Å². The largest absolute Gasteiger partial charge is 0.444 e. The summed E-state index contributed by atoms with van der Waals surface area (Å²) in [5.74, 6) is -0.654. The molecule has 0 aliphatic carbocycles. The first kappa shape index (κ1) is 22.5. The molecule has 0 bridgehead atoms. The molecular formula is C21H30ClFN2O3. The van der Waals surface area contributed by atoms with Crippen molar-refractivity contribution in [3.8, 4) is 0 Å². The predicted molar refractivity (Wildman–Crippen MR) is 108 cm³/mol. The van der Waals surface area contributed by atoms with Crippen molar-refractivity contribution < 1.29 is 18.7 Å². The van der Waals surface area contributed by atoms with Gasteiger partial charge in [0.05, 0.1) is 6.54 Å². The summed E-state index contributed by atoms with van der Waals surface area (Å²) in [5.41, 5.74) is -0.355. The number of halogens is 2. The van der Waals surface area contributed by atoms with Crippen LogP contribution in [0.5, 0.6) is 0 Å². The number of rotatable bonds is 4. The van der Waals surface area contributed by atoms with Gasteiger partial charge in [0.1, 0.15) is 17.5 Å². The number of hydrogen-bond donors (Lipinski definition) is 0. The molecule has 1 saturated heterocycles. The molecule has 5 nitrogen and oxygen atoms in total. The molecule has 1 aromatic rings. The maximum absolute atomic E-state index is 14.3. The SMILES string of the molecule is CC(C)N(Cc1c(F)cccc1Cl)C(=O)C1CCCCN1C(=O)OC(C)(C)C. The van der Waals surface area contributed by atoms with Crippen LogP contribution in [0.1, 0.15) is 59.4 Å². The van der Waals surface area contributed by atoms with Gasteiger partial charge in [0, 0.05) is 23.2 Å². The van der Waals surface area contributed by atoms with Crippen molar-refractivity contribution in [1.29, 1.82) is 0 Å². The van der Waals surface area contributed by atoms with E-state index in [1.165, 1.54) is 17.0 Å². The van der Waals surface area contributed by atoms with E-state index in [9.17, 15) is 14.0 Å². The normalized spacial score (nSPS) is 17.6. The van der Waals surface area contributed by atoms with Crippen LogP contribution in [0, 0.1) is 5.82 Å². The third kappa shape index (κ3) is 5.60. The standard InChI is InChI=1S/C21H30ClFN2O3/c1-14(2)25(13-15-16(22)9-8-10-17(15)23)19(26)18-11-6-7-12-24(18)20(27)28-21(3,4)5/h8-10,14,18H,6-7,11-13H2,1-5H3. The summed E-state index contributed by atoms with van der Waals surface area (Å²) >= 11 is 6.16. The molecule has 1 unspecified atom stereocenters. The lowest BCUT2D eigenvalue weighted by atomic mass is 10.00. The molecule has 1 atom stereocenters. The van der Waals surface area contributed by atoms with Crippen molar-refractivity contribution in [2.24, 2.45) is 0 Å². The molecule has 1 aromatic carbocycles. The van der Waals surface area contributed by atoms with Crippen molar-refractivity contribution in [3.63, 3.8) is 0 Å². The van der Waals surface area contributed by atoms with Crippen LogP contribution >= 0.6 is 11.6 Å². The molecule has 28 heavy (non-hydrogen) atoms. The summed E-state index contributed by atoms with van der Waals surface area (Å²) in [5, 5.41) is 0.283. The second-order valence-electron chi connectivity index (χ2n) is 8.45. The Bertz CT molecular complexity index is 698.